The number of halogens is 1. The van der Waals surface area contributed by atoms with Gasteiger partial charge in [0.05, 0.1) is 6.21 Å². The van der Waals surface area contributed by atoms with Crippen LogP contribution in [0.3, 0.4) is 0 Å². The first kappa shape index (κ1) is 13.6. The minimum Gasteiger partial charge on any atom is -0.444 e. The van der Waals surface area contributed by atoms with Crippen molar-refractivity contribution in [2.24, 2.45) is 5.10 Å². The fourth-order valence-corrected chi connectivity index (χ4v) is 2.25. The number of carbonyl (C=O) groups is 1. The molecule has 1 heterocycles. The highest BCUT2D eigenvalue weighted by Crippen LogP contribution is 2.15. The lowest BCUT2D eigenvalue weighted by atomic mass is 10.1. The van der Waals surface area contributed by atoms with Gasteiger partial charge in [-0.15, -0.1) is 0 Å². The van der Waals surface area contributed by atoms with E-state index in [0.29, 0.717) is 4.67 Å². The maximum atomic E-state index is 11.7. The molecule has 0 spiro atoms. The minimum absolute atomic E-state index is 0.206. The van der Waals surface area contributed by atoms with Crippen LogP contribution in [0.25, 0.3) is 10.8 Å². The predicted octanol–water partition coefficient (Wildman–Crippen LogP) is 3.96. The smallest absolute Gasteiger partial charge is 0.307 e. The normalized spacial score (nSPS) is 11.1. The van der Waals surface area contributed by atoms with E-state index in [1.807, 2.05) is 42.5 Å². The molecule has 3 rings (SSSR count). The number of nitrogens with one attached hydrogen (secondary N) is 1. The topological polar surface area (TPSA) is 54.6 Å². The summed E-state index contributed by atoms with van der Waals surface area (Å²) in [5, 5.41) is 6.23. The van der Waals surface area contributed by atoms with Gasteiger partial charge in [-0.3, -0.25) is 4.79 Å². The molecular weight excluding hydrogens is 332 g/mol. The molecule has 1 amide bonds. The van der Waals surface area contributed by atoms with E-state index >= 15 is 0 Å². The lowest BCUT2D eigenvalue weighted by molar-refractivity contribution is 0.0926. The summed E-state index contributed by atoms with van der Waals surface area (Å²) in [5.74, 6) is -0.185. The standard InChI is InChI=1S/C16H11BrN2O2/c17-15-8-7-14(21-15)16(20)19-18-10-11-5-6-12-3-1-2-4-13(12)9-11/h1-10H,(H,19,20)/b18-10+. The highest BCUT2D eigenvalue weighted by molar-refractivity contribution is 9.10. The summed E-state index contributed by atoms with van der Waals surface area (Å²) < 4.78 is 5.64. The van der Waals surface area contributed by atoms with Gasteiger partial charge in [-0.1, -0.05) is 36.4 Å². The van der Waals surface area contributed by atoms with Crippen molar-refractivity contribution in [3.63, 3.8) is 0 Å². The Kier molecular flexibility index (Phi) is 3.83. The number of nitrogens with zero attached hydrogens (tertiary/aromatic N) is 1. The van der Waals surface area contributed by atoms with Gasteiger partial charge in [0, 0.05) is 0 Å². The molecule has 0 atom stereocenters. The van der Waals surface area contributed by atoms with Gasteiger partial charge in [0.25, 0.3) is 0 Å². The first-order chi connectivity index (χ1) is 10.2. The Hall–Kier alpha value is -2.40. The summed E-state index contributed by atoms with van der Waals surface area (Å²) in [7, 11) is 0. The number of amides is 1. The first-order valence-corrected chi connectivity index (χ1v) is 7.09. The molecule has 0 radical (unpaired) electrons. The summed E-state index contributed by atoms with van der Waals surface area (Å²) in [6.45, 7) is 0. The van der Waals surface area contributed by atoms with E-state index in [9.17, 15) is 4.79 Å². The van der Waals surface area contributed by atoms with E-state index in [0.717, 1.165) is 10.9 Å². The van der Waals surface area contributed by atoms with Gasteiger partial charge in [-0.05, 0) is 50.5 Å². The largest absolute Gasteiger partial charge is 0.444 e. The summed E-state index contributed by atoms with van der Waals surface area (Å²) >= 11 is 3.14. The van der Waals surface area contributed by atoms with Crippen molar-refractivity contribution < 1.29 is 9.21 Å². The monoisotopic (exact) mass is 342 g/mol. The number of furan rings is 1. The van der Waals surface area contributed by atoms with E-state index in [1.54, 1.807) is 18.3 Å². The molecule has 5 heteroatoms. The van der Waals surface area contributed by atoms with Crippen LogP contribution in [0, 0.1) is 0 Å². The van der Waals surface area contributed by atoms with Crippen molar-refractivity contribution in [2.75, 3.05) is 0 Å². The molecule has 1 N–H and O–H groups in total. The Labute approximate surface area is 129 Å². The van der Waals surface area contributed by atoms with E-state index in [-0.39, 0.29) is 5.76 Å². The molecule has 0 saturated carbocycles. The molecule has 3 aromatic rings. The molecule has 21 heavy (non-hydrogen) atoms. The second-order valence-electron chi connectivity index (χ2n) is 4.41. The summed E-state index contributed by atoms with van der Waals surface area (Å²) in [4.78, 5) is 11.7. The zero-order chi connectivity index (χ0) is 14.7. The first-order valence-electron chi connectivity index (χ1n) is 6.30. The van der Waals surface area contributed by atoms with Gasteiger partial charge < -0.3 is 4.42 Å². The molecule has 0 aliphatic heterocycles. The van der Waals surface area contributed by atoms with Gasteiger partial charge in [0.2, 0.25) is 0 Å². The van der Waals surface area contributed by atoms with Crippen molar-refractivity contribution in [3.05, 3.63) is 70.6 Å². The Bertz CT molecular complexity index is 824. The van der Waals surface area contributed by atoms with Crippen LogP contribution in [-0.2, 0) is 0 Å². The summed E-state index contributed by atoms with van der Waals surface area (Å²) in [5.41, 5.74) is 3.34. The Morgan fingerprint density at radius 3 is 2.67 bits per heavy atom. The fourth-order valence-electron chi connectivity index (χ4n) is 1.94. The van der Waals surface area contributed by atoms with Crippen LogP contribution in [0.5, 0.6) is 0 Å². The van der Waals surface area contributed by atoms with Gasteiger partial charge in [0.1, 0.15) is 0 Å². The molecule has 0 unspecified atom stereocenters. The van der Waals surface area contributed by atoms with Crippen molar-refractivity contribution in [1.29, 1.82) is 0 Å². The average Bonchev–Trinajstić information content (AvgIpc) is 2.94. The second kappa shape index (κ2) is 5.93. The van der Waals surface area contributed by atoms with Crippen LogP contribution in [0.15, 0.2) is 68.8 Å². The third-order valence-corrected chi connectivity index (χ3v) is 3.38. The third-order valence-electron chi connectivity index (χ3n) is 2.95. The van der Waals surface area contributed by atoms with E-state index in [4.69, 9.17) is 4.42 Å². The maximum absolute atomic E-state index is 11.7. The Morgan fingerprint density at radius 1 is 1.10 bits per heavy atom. The van der Waals surface area contributed by atoms with Gasteiger partial charge >= 0.3 is 5.91 Å². The number of hydrogen-bond acceptors (Lipinski definition) is 3. The number of hydrogen-bond donors (Lipinski definition) is 1. The van der Waals surface area contributed by atoms with Crippen molar-refractivity contribution in [1.82, 2.24) is 5.43 Å². The summed E-state index contributed by atoms with van der Waals surface area (Å²) in [6, 6.07) is 17.3. The van der Waals surface area contributed by atoms with Crippen LogP contribution in [-0.4, -0.2) is 12.1 Å². The minimum atomic E-state index is -0.391. The zero-order valence-electron chi connectivity index (χ0n) is 10.9. The number of rotatable bonds is 3. The Morgan fingerprint density at radius 2 is 1.90 bits per heavy atom. The van der Waals surface area contributed by atoms with Crippen molar-refractivity contribution in [2.45, 2.75) is 0 Å². The fraction of sp³-hybridized carbons (Fsp3) is 0. The lowest BCUT2D eigenvalue weighted by Gasteiger charge is -1.99. The van der Waals surface area contributed by atoms with Crippen molar-refractivity contribution in [3.8, 4) is 0 Å². The molecule has 0 aliphatic rings. The van der Waals surface area contributed by atoms with Crippen LogP contribution in [0.4, 0.5) is 0 Å². The van der Waals surface area contributed by atoms with E-state index < -0.39 is 5.91 Å². The van der Waals surface area contributed by atoms with E-state index in [2.05, 4.69) is 26.5 Å². The van der Waals surface area contributed by atoms with Crippen LogP contribution in [0.1, 0.15) is 16.1 Å². The molecule has 0 aliphatic carbocycles. The molecule has 2 aromatic carbocycles. The van der Waals surface area contributed by atoms with Crippen LogP contribution < -0.4 is 5.43 Å². The van der Waals surface area contributed by atoms with Gasteiger partial charge in [-0.2, -0.15) is 5.10 Å². The van der Waals surface area contributed by atoms with Crippen LogP contribution in [0.2, 0.25) is 0 Å². The maximum Gasteiger partial charge on any atom is 0.307 e. The number of carbonyl (C=O) groups excluding carboxylic acids is 1. The van der Waals surface area contributed by atoms with Crippen LogP contribution >= 0.6 is 15.9 Å². The molecular formula is C16H11BrN2O2. The molecule has 0 bridgehead atoms. The number of hydrazone groups is 1. The highest BCUT2D eigenvalue weighted by atomic mass is 79.9. The SMILES string of the molecule is O=C(N/N=C/c1ccc2ccccc2c1)c1ccc(Br)o1. The van der Waals surface area contributed by atoms with E-state index in [1.165, 1.54) is 5.39 Å². The Balaban J connectivity index is 1.71. The molecule has 0 fully saturated rings. The predicted molar refractivity (Wildman–Crippen MR) is 85.4 cm³/mol. The molecule has 104 valence electrons. The lowest BCUT2D eigenvalue weighted by Crippen LogP contribution is -2.16. The zero-order valence-corrected chi connectivity index (χ0v) is 12.5. The van der Waals surface area contributed by atoms with Gasteiger partial charge in [-0.25, -0.2) is 5.43 Å². The summed E-state index contributed by atoms with van der Waals surface area (Å²) in [6.07, 6.45) is 1.60. The highest BCUT2D eigenvalue weighted by Gasteiger charge is 2.08. The average molecular weight is 343 g/mol. The van der Waals surface area contributed by atoms with Gasteiger partial charge in [0.15, 0.2) is 10.4 Å². The number of benzene rings is 2. The molecule has 0 saturated heterocycles. The molecule has 1 aromatic heterocycles. The molecule has 4 nitrogen and oxygen atoms in total. The number of fused-ring (bicyclic) bond motifs is 1. The quantitative estimate of drug-likeness (QED) is 0.578. The second-order valence-corrected chi connectivity index (χ2v) is 5.19. The van der Waals surface area contributed by atoms with Crippen molar-refractivity contribution >= 4 is 38.8 Å². The third kappa shape index (κ3) is 3.20.